The van der Waals surface area contributed by atoms with E-state index >= 15 is 0 Å². The number of phenols is 1. The van der Waals surface area contributed by atoms with Gasteiger partial charge in [0.25, 0.3) is 0 Å². The SMILES string of the molecule is CCOC(=O)c1ccc(O)cc1C(F)(F)C(F)(F)C(F)(F)C(F)(F)C(F)(F)C(F)(F)C(F)(F)C(F)(F)F. The maximum absolute atomic E-state index is 14.5. The normalized spacial score (nSPS) is 15.1. The molecule has 0 aliphatic heterocycles. The third-order valence-corrected chi connectivity index (χ3v) is 4.56. The lowest BCUT2D eigenvalue weighted by molar-refractivity contribution is -0.462. The topological polar surface area (TPSA) is 46.5 Å². The molecule has 0 fully saturated rings. The maximum Gasteiger partial charge on any atom is 0.460 e. The van der Waals surface area contributed by atoms with Gasteiger partial charge in [0, 0.05) is 5.56 Å². The molecule has 0 saturated carbocycles. The molecule has 37 heavy (non-hydrogen) atoms. The Morgan fingerprint density at radius 1 is 0.676 bits per heavy atom. The van der Waals surface area contributed by atoms with E-state index in [9.17, 15) is 79.4 Å². The molecule has 1 rings (SSSR count). The highest BCUT2D eigenvalue weighted by Crippen LogP contribution is 2.65. The summed E-state index contributed by atoms with van der Waals surface area (Å²) in [7, 11) is 0. The zero-order chi connectivity index (χ0) is 29.8. The molecule has 214 valence electrons. The Labute approximate surface area is 192 Å². The minimum Gasteiger partial charge on any atom is -0.508 e. The smallest absolute Gasteiger partial charge is 0.460 e. The third-order valence-electron chi connectivity index (χ3n) is 4.56. The van der Waals surface area contributed by atoms with Crippen LogP contribution in [0.3, 0.4) is 0 Å². The highest BCUT2D eigenvalue weighted by molar-refractivity contribution is 5.91. The Morgan fingerprint density at radius 2 is 1.05 bits per heavy atom. The van der Waals surface area contributed by atoms with Crippen molar-refractivity contribution in [3.63, 3.8) is 0 Å². The van der Waals surface area contributed by atoms with Gasteiger partial charge in [-0.15, -0.1) is 0 Å². The average molecular weight is 584 g/mol. The van der Waals surface area contributed by atoms with Gasteiger partial charge in [-0.3, -0.25) is 0 Å². The Balaban J connectivity index is 3.87. The number of esters is 1. The number of aromatic hydroxyl groups is 1. The lowest BCUT2D eigenvalue weighted by atomic mass is 9.86. The maximum atomic E-state index is 14.5. The molecule has 0 aliphatic rings. The van der Waals surface area contributed by atoms with Gasteiger partial charge in [0.2, 0.25) is 0 Å². The Morgan fingerprint density at radius 3 is 1.43 bits per heavy atom. The number of phenolic OH excluding ortho intramolecular Hbond substituents is 1. The zero-order valence-corrected chi connectivity index (χ0v) is 17.1. The molecule has 0 saturated heterocycles. The average Bonchev–Trinajstić information content (AvgIpc) is 2.72. The van der Waals surface area contributed by atoms with Crippen molar-refractivity contribution in [1.82, 2.24) is 0 Å². The van der Waals surface area contributed by atoms with E-state index in [0.717, 1.165) is 6.92 Å². The van der Waals surface area contributed by atoms with Gasteiger partial charge in [0.15, 0.2) is 0 Å². The summed E-state index contributed by atoms with van der Waals surface area (Å²) in [5.41, 5.74) is -4.72. The molecular weight excluding hydrogens is 575 g/mol. The van der Waals surface area contributed by atoms with Crippen LogP contribution in [0.1, 0.15) is 22.8 Å². The monoisotopic (exact) mass is 584 g/mol. The third kappa shape index (κ3) is 4.38. The van der Waals surface area contributed by atoms with Crippen molar-refractivity contribution in [2.45, 2.75) is 54.6 Å². The van der Waals surface area contributed by atoms with Crippen LogP contribution in [0.2, 0.25) is 0 Å². The van der Waals surface area contributed by atoms with Crippen LogP contribution >= 0.6 is 0 Å². The quantitative estimate of drug-likeness (QED) is 0.251. The van der Waals surface area contributed by atoms with E-state index in [4.69, 9.17) is 5.11 Å². The van der Waals surface area contributed by atoms with Crippen LogP contribution in [0.15, 0.2) is 18.2 Å². The minimum absolute atomic E-state index is 0.0322. The van der Waals surface area contributed by atoms with Crippen molar-refractivity contribution < 1.29 is 89.3 Å². The lowest BCUT2D eigenvalue weighted by Crippen LogP contribution is -2.74. The molecule has 3 nitrogen and oxygen atoms in total. The summed E-state index contributed by atoms with van der Waals surface area (Å²) in [5, 5.41) is 9.17. The Hall–Kier alpha value is -2.70. The summed E-state index contributed by atoms with van der Waals surface area (Å²) < 4.78 is 232. The van der Waals surface area contributed by atoms with Gasteiger partial charge in [-0.1, -0.05) is 0 Å². The number of ether oxygens (including phenoxy) is 1. The second-order valence-corrected chi connectivity index (χ2v) is 6.97. The van der Waals surface area contributed by atoms with Gasteiger partial charge in [-0.2, -0.15) is 74.6 Å². The molecule has 20 heteroatoms. The Kier molecular flexibility index (Phi) is 7.82. The standard InChI is InChI=1S/C17H9F17O3/c1-2-37-9(36)7-4-3-6(35)5-8(7)10(18,19)11(20,21)12(22,23)13(24,25)14(26,27)15(28,29)16(30,31)17(32,33)34/h3-5,35H,2H2,1H3. The summed E-state index contributed by atoms with van der Waals surface area (Å²) in [6.07, 6.45) is -7.85. The van der Waals surface area contributed by atoms with Crippen LogP contribution in [0.4, 0.5) is 74.6 Å². The largest absolute Gasteiger partial charge is 0.508 e. The first-order valence-corrected chi connectivity index (χ1v) is 8.83. The van der Waals surface area contributed by atoms with E-state index < -0.39 is 83.2 Å². The zero-order valence-electron chi connectivity index (χ0n) is 17.1. The van der Waals surface area contributed by atoms with E-state index in [1.165, 1.54) is 0 Å². The van der Waals surface area contributed by atoms with Gasteiger partial charge in [0.05, 0.1) is 12.2 Å². The highest BCUT2D eigenvalue weighted by Gasteiger charge is 2.95. The predicted molar refractivity (Wildman–Crippen MR) is 83.7 cm³/mol. The molecule has 0 heterocycles. The second kappa shape index (κ2) is 8.95. The van der Waals surface area contributed by atoms with Crippen molar-refractivity contribution in [2.75, 3.05) is 6.61 Å². The molecule has 0 aromatic heterocycles. The molecule has 0 aliphatic carbocycles. The fraction of sp³-hybridized carbons (Fsp3) is 0.588. The number of carbonyl (C=O) groups is 1. The van der Waals surface area contributed by atoms with E-state index in [0.29, 0.717) is 0 Å². The minimum atomic E-state index is -8.77. The van der Waals surface area contributed by atoms with Gasteiger partial charge in [0.1, 0.15) is 5.75 Å². The van der Waals surface area contributed by atoms with E-state index in [-0.39, 0.29) is 12.1 Å². The van der Waals surface area contributed by atoms with Crippen LogP contribution in [-0.2, 0) is 10.7 Å². The first kappa shape index (κ1) is 32.3. The molecule has 0 amide bonds. The fourth-order valence-corrected chi connectivity index (χ4v) is 2.51. The van der Waals surface area contributed by atoms with E-state index in [1.807, 2.05) is 0 Å². The first-order chi connectivity index (χ1) is 16.1. The number of benzene rings is 1. The molecule has 0 atom stereocenters. The van der Waals surface area contributed by atoms with Crippen molar-refractivity contribution in [3.05, 3.63) is 29.3 Å². The van der Waals surface area contributed by atoms with E-state index in [2.05, 4.69) is 4.74 Å². The van der Waals surface area contributed by atoms with Crippen LogP contribution in [0.25, 0.3) is 0 Å². The first-order valence-electron chi connectivity index (χ1n) is 8.83. The molecular formula is C17H9F17O3. The fourth-order valence-electron chi connectivity index (χ4n) is 2.51. The van der Waals surface area contributed by atoms with Crippen molar-refractivity contribution in [2.24, 2.45) is 0 Å². The molecule has 1 aromatic rings. The number of hydrogen-bond donors (Lipinski definition) is 1. The van der Waals surface area contributed by atoms with Crippen molar-refractivity contribution in [3.8, 4) is 5.75 Å². The number of carbonyl (C=O) groups excluding carboxylic acids is 1. The summed E-state index contributed by atoms with van der Waals surface area (Å²) in [5.74, 6) is -61.7. The summed E-state index contributed by atoms with van der Waals surface area (Å²) >= 11 is 0. The molecule has 0 radical (unpaired) electrons. The van der Waals surface area contributed by atoms with Gasteiger partial charge >= 0.3 is 53.6 Å². The number of alkyl halides is 17. The van der Waals surface area contributed by atoms with E-state index in [1.54, 1.807) is 0 Å². The Bertz CT molecular complexity index is 1010. The molecule has 1 N–H and O–H groups in total. The van der Waals surface area contributed by atoms with Crippen LogP contribution in [0, 0.1) is 0 Å². The summed E-state index contributed by atoms with van der Waals surface area (Å²) in [4.78, 5) is 11.7. The molecule has 0 spiro atoms. The van der Waals surface area contributed by atoms with Gasteiger partial charge in [-0.25, -0.2) is 4.79 Å². The molecule has 1 aromatic carbocycles. The van der Waals surface area contributed by atoms with Crippen molar-refractivity contribution in [1.29, 1.82) is 0 Å². The lowest BCUT2D eigenvalue weighted by Gasteiger charge is -2.43. The van der Waals surface area contributed by atoms with Crippen molar-refractivity contribution >= 4 is 5.97 Å². The van der Waals surface area contributed by atoms with Crippen LogP contribution < -0.4 is 0 Å². The number of hydrogen-bond acceptors (Lipinski definition) is 3. The van der Waals surface area contributed by atoms with Crippen LogP contribution in [-0.4, -0.2) is 59.4 Å². The summed E-state index contributed by atoms with van der Waals surface area (Å²) in [6.45, 7) is 0.239. The van der Waals surface area contributed by atoms with Gasteiger partial charge in [-0.05, 0) is 25.1 Å². The molecule has 0 unspecified atom stereocenters. The number of rotatable bonds is 9. The highest BCUT2D eigenvalue weighted by atomic mass is 19.4. The number of halogens is 17. The second-order valence-electron chi connectivity index (χ2n) is 6.97. The molecule has 0 bridgehead atoms. The van der Waals surface area contributed by atoms with Gasteiger partial charge < -0.3 is 9.84 Å². The van der Waals surface area contributed by atoms with Crippen LogP contribution in [0.5, 0.6) is 5.75 Å². The summed E-state index contributed by atoms with van der Waals surface area (Å²) in [6, 6.07) is -0.431. The predicted octanol–water partition coefficient (Wildman–Crippen LogP) is 7.03.